The minimum atomic E-state index is -0.454. The topological polar surface area (TPSA) is 15.3 Å². The summed E-state index contributed by atoms with van der Waals surface area (Å²) in [6, 6.07) is 146. The van der Waals surface area contributed by atoms with E-state index in [4.69, 9.17) is 0 Å². The van der Waals surface area contributed by atoms with Crippen molar-refractivity contribution in [3.8, 4) is 66.8 Å². The summed E-state index contributed by atoms with van der Waals surface area (Å²) in [5.74, 6) is 0. The molecule has 4 aliphatic carbocycles. The molecule has 16 aromatic carbocycles. The number of fused-ring (bicyclic) bond motifs is 18. The van der Waals surface area contributed by atoms with Crippen molar-refractivity contribution in [2.24, 2.45) is 0 Å². The van der Waals surface area contributed by atoms with Crippen LogP contribution in [-0.2, 0) is 21.7 Å². The molecular formula is C104H79BrN2. The number of hydrogen-bond acceptors (Lipinski definition) is 2. The van der Waals surface area contributed by atoms with Crippen molar-refractivity contribution in [1.82, 2.24) is 0 Å². The molecule has 0 heterocycles. The van der Waals surface area contributed by atoms with Crippen LogP contribution in [0, 0.1) is 0 Å². The van der Waals surface area contributed by atoms with Crippen LogP contribution in [0.1, 0.15) is 94.5 Å². The summed E-state index contributed by atoms with van der Waals surface area (Å²) < 4.78 is 1.17. The Bertz CT molecular complexity index is 5680. The van der Waals surface area contributed by atoms with Gasteiger partial charge in [-0.1, -0.05) is 383 Å². The minimum Gasteiger partial charge on any atom is -0.356 e. The molecule has 2 nitrogen and oxygen atoms in total. The molecule has 16 aromatic rings. The monoisotopic (exact) mass is 1430 g/mol. The molecule has 0 aromatic heterocycles. The number of rotatable bonds is 9. The third kappa shape index (κ3) is 11.1. The second-order valence-corrected chi connectivity index (χ2v) is 30.4. The molecule has 0 amide bonds. The Balaban J connectivity index is 0.000000126. The van der Waals surface area contributed by atoms with E-state index in [9.17, 15) is 0 Å². The largest absolute Gasteiger partial charge is 0.356 e. The van der Waals surface area contributed by atoms with E-state index in [0.29, 0.717) is 0 Å². The Morgan fingerprint density at radius 1 is 0.215 bits per heavy atom. The van der Waals surface area contributed by atoms with E-state index in [1.54, 1.807) is 0 Å². The van der Waals surface area contributed by atoms with Crippen molar-refractivity contribution in [3.63, 3.8) is 0 Å². The SMILES string of the molecule is CC1(C)c2ccccc2C2(c3ccccc3-c3c(Br)cccc32)c2ccccc21.CC1(C)c2ccccc2C2(c3ccccc3-c3c(N(c4ccc(-c5ccccc5)cc4)c4ccc(-c5ccccc5)cc4)cccc32)c2ccccc21.c1ccc(-c2ccc(Nc3ccc(-c4ccccc4)cc3)cc2)cc1. The summed E-state index contributed by atoms with van der Waals surface area (Å²) in [7, 11) is 0. The second kappa shape index (κ2) is 27.3. The zero-order chi connectivity index (χ0) is 72.3. The number of benzene rings is 16. The van der Waals surface area contributed by atoms with Crippen LogP contribution in [0.15, 0.2) is 405 Å². The van der Waals surface area contributed by atoms with E-state index in [2.05, 4.69) is 442 Å². The molecule has 3 heteroatoms. The summed E-state index contributed by atoms with van der Waals surface area (Å²) in [4.78, 5) is 2.46. The van der Waals surface area contributed by atoms with Gasteiger partial charge in [-0.25, -0.2) is 0 Å². The fourth-order valence-electron chi connectivity index (χ4n) is 18.2. The first-order valence-corrected chi connectivity index (χ1v) is 38.0. The number of halogens is 1. The first-order chi connectivity index (χ1) is 52.5. The average Bonchev–Trinajstić information content (AvgIpc) is 1.56. The Morgan fingerprint density at radius 2 is 0.467 bits per heavy atom. The van der Waals surface area contributed by atoms with Gasteiger partial charge in [-0.2, -0.15) is 0 Å². The summed E-state index contributed by atoms with van der Waals surface area (Å²) in [5, 5.41) is 3.46. The van der Waals surface area contributed by atoms with E-state index < -0.39 is 5.41 Å². The lowest BCUT2D eigenvalue weighted by Crippen LogP contribution is -2.40. The molecule has 1 N–H and O–H groups in total. The zero-order valence-electron chi connectivity index (χ0n) is 60.4. The quantitative estimate of drug-likeness (QED) is 0.155. The molecule has 4 aliphatic rings. The molecule has 0 saturated heterocycles. The maximum absolute atomic E-state index is 3.87. The third-order valence-electron chi connectivity index (χ3n) is 23.1. The molecule has 107 heavy (non-hydrogen) atoms. The number of nitrogens with zero attached hydrogens (tertiary/aromatic N) is 1. The molecule has 0 atom stereocenters. The highest BCUT2D eigenvalue weighted by molar-refractivity contribution is 9.10. The predicted molar refractivity (Wildman–Crippen MR) is 452 cm³/mol. The molecule has 0 bridgehead atoms. The second-order valence-electron chi connectivity index (χ2n) is 29.6. The van der Waals surface area contributed by atoms with Gasteiger partial charge >= 0.3 is 0 Å². The van der Waals surface area contributed by atoms with Crippen molar-refractivity contribution in [2.45, 2.75) is 49.4 Å². The maximum Gasteiger partial charge on any atom is 0.0720 e. The maximum atomic E-state index is 3.87. The van der Waals surface area contributed by atoms with Gasteiger partial charge in [-0.05, 0) is 183 Å². The first kappa shape index (κ1) is 66.5. The summed E-state index contributed by atoms with van der Waals surface area (Å²) in [6.07, 6.45) is 0. The Kier molecular flexibility index (Phi) is 17.0. The van der Waals surface area contributed by atoms with E-state index in [1.165, 1.54) is 144 Å². The van der Waals surface area contributed by atoms with Crippen LogP contribution in [0.2, 0.25) is 0 Å². The van der Waals surface area contributed by atoms with Gasteiger partial charge in [0.1, 0.15) is 0 Å². The fourth-order valence-corrected chi connectivity index (χ4v) is 18.7. The smallest absolute Gasteiger partial charge is 0.0720 e. The molecule has 0 radical (unpaired) electrons. The molecule has 0 unspecified atom stereocenters. The average molecular weight is 1440 g/mol. The van der Waals surface area contributed by atoms with Crippen LogP contribution in [0.3, 0.4) is 0 Å². The Morgan fingerprint density at radius 3 is 0.813 bits per heavy atom. The molecule has 0 fully saturated rings. The summed E-state index contributed by atoms with van der Waals surface area (Å²) in [6.45, 7) is 9.49. The molecule has 2 spiro atoms. The van der Waals surface area contributed by atoms with Gasteiger partial charge in [0.05, 0.1) is 16.5 Å². The van der Waals surface area contributed by atoms with E-state index >= 15 is 0 Å². The highest BCUT2D eigenvalue weighted by Gasteiger charge is 2.55. The van der Waals surface area contributed by atoms with Gasteiger partial charge in [-0.3, -0.25) is 0 Å². The van der Waals surface area contributed by atoms with Crippen LogP contribution in [0.25, 0.3) is 66.8 Å². The van der Waals surface area contributed by atoms with Crippen molar-refractivity contribution in [1.29, 1.82) is 0 Å². The Hall–Kier alpha value is -12.4. The van der Waals surface area contributed by atoms with Crippen molar-refractivity contribution in [2.75, 3.05) is 10.2 Å². The highest BCUT2D eigenvalue weighted by Crippen LogP contribution is 2.66. The molecule has 0 saturated carbocycles. The number of nitrogens with one attached hydrogen (secondary N) is 1. The van der Waals surface area contributed by atoms with Gasteiger partial charge < -0.3 is 10.2 Å². The molecule has 512 valence electrons. The lowest BCUT2D eigenvalue weighted by Gasteiger charge is -2.46. The van der Waals surface area contributed by atoms with Crippen LogP contribution in [0.4, 0.5) is 28.4 Å². The van der Waals surface area contributed by atoms with Gasteiger partial charge in [-0.15, -0.1) is 0 Å². The lowest BCUT2D eigenvalue weighted by atomic mass is 9.55. The predicted octanol–water partition coefficient (Wildman–Crippen LogP) is 27.7. The Labute approximate surface area is 637 Å². The summed E-state index contributed by atoms with van der Waals surface area (Å²) in [5.41, 5.74) is 36.3. The van der Waals surface area contributed by atoms with Crippen LogP contribution in [0.5, 0.6) is 0 Å². The van der Waals surface area contributed by atoms with Gasteiger partial charge in [0.15, 0.2) is 0 Å². The first-order valence-electron chi connectivity index (χ1n) is 37.2. The number of hydrogen-bond donors (Lipinski definition) is 1. The van der Waals surface area contributed by atoms with E-state index in [0.717, 1.165) is 22.7 Å². The van der Waals surface area contributed by atoms with Gasteiger partial charge in [0.25, 0.3) is 0 Å². The van der Waals surface area contributed by atoms with Gasteiger partial charge in [0.2, 0.25) is 0 Å². The molecular weight excluding hydrogens is 1360 g/mol. The normalized spacial score (nSPS) is 14.0. The standard InChI is InChI=1S/C52H39N.C28H21Br.C24H19N/c1-51(2)44-22-11-13-24-46(44)52(47-25-14-12-23-45(47)51)43-21-10-9-20-42(43)50-48(52)26-15-27-49(50)53(40-32-28-38(29-33-40)36-16-5-3-6-17-36)41-34-30-39(31-35-41)37-18-7-4-8-19-37;1-27(2)20-12-5-7-14-22(20)28(23-15-8-6-13-21(23)27)19-11-4-3-10-18(19)26-24(28)16-9-17-25(26)29;1-3-7-19(8-4-1)21-11-15-23(16-12-21)25-24-17-13-22(14-18-24)20-9-5-2-6-10-20/h3-35H,1-2H3;3-17H,1-2H3;1-18,25H. The van der Waals surface area contributed by atoms with Crippen molar-refractivity contribution < 1.29 is 0 Å². The van der Waals surface area contributed by atoms with Crippen molar-refractivity contribution in [3.05, 3.63) is 472 Å². The van der Waals surface area contributed by atoms with Gasteiger partial charge in [0, 0.05) is 49.2 Å². The zero-order valence-corrected chi connectivity index (χ0v) is 62.0. The van der Waals surface area contributed by atoms with Crippen molar-refractivity contribution >= 4 is 44.4 Å². The van der Waals surface area contributed by atoms with E-state index in [1.807, 2.05) is 12.1 Å². The molecule has 20 rings (SSSR count). The van der Waals surface area contributed by atoms with Crippen LogP contribution in [-0.4, -0.2) is 0 Å². The third-order valence-corrected chi connectivity index (χ3v) is 23.7. The lowest BCUT2D eigenvalue weighted by molar-refractivity contribution is 0.563. The molecule has 0 aliphatic heterocycles. The van der Waals surface area contributed by atoms with E-state index in [-0.39, 0.29) is 16.2 Å². The highest BCUT2D eigenvalue weighted by atomic mass is 79.9. The van der Waals surface area contributed by atoms with Crippen LogP contribution < -0.4 is 10.2 Å². The number of anilines is 5. The minimum absolute atomic E-state index is 0.0395. The van der Waals surface area contributed by atoms with Crippen LogP contribution >= 0.6 is 15.9 Å². The fraction of sp³-hybridized carbons (Fsp3) is 0.0769. The summed E-state index contributed by atoms with van der Waals surface area (Å²) >= 11 is 3.87.